The van der Waals surface area contributed by atoms with E-state index in [-0.39, 0.29) is 30.3 Å². The van der Waals surface area contributed by atoms with E-state index in [9.17, 15) is 0 Å². The highest BCUT2D eigenvalue weighted by Crippen LogP contribution is 2.14. The number of halogens is 2. The van der Waals surface area contributed by atoms with Crippen molar-refractivity contribution in [2.24, 2.45) is 0 Å². The molecule has 0 fully saturated rings. The van der Waals surface area contributed by atoms with Gasteiger partial charge in [-0.25, -0.2) is 0 Å². The van der Waals surface area contributed by atoms with Crippen molar-refractivity contribution in [1.82, 2.24) is 0 Å². The lowest BCUT2D eigenvalue weighted by Crippen LogP contribution is -3.00. The summed E-state index contributed by atoms with van der Waals surface area (Å²) >= 11 is 0. The van der Waals surface area contributed by atoms with Crippen molar-refractivity contribution in [2.45, 2.75) is 0 Å². The average molecular weight is 391 g/mol. The van der Waals surface area contributed by atoms with Crippen molar-refractivity contribution in [1.29, 1.82) is 0 Å². The van der Waals surface area contributed by atoms with Crippen LogP contribution in [0.4, 0.5) is 0 Å². The maximum absolute atomic E-state index is 3.93. The van der Waals surface area contributed by atoms with E-state index in [0.29, 0.717) is 0 Å². The molecule has 0 amide bonds. The summed E-state index contributed by atoms with van der Waals surface area (Å²) in [7, 11) is 0. The van der Waals surface area contributed by atoms with E-state index in [1.54, 1.807) is 0 Å². The Morgan fingerprint density at radius 2 is 0.600 bits per heavy atom. The summed E-state index contributed by atoms with van der Waals surface area (Å²) in [5.41, 5.74) is 0. The molecule has 0 heterocycles. The van der Waals surface area contributed by atoms with Gasteiger partial charge < -0.3 is 39.3 Å². The van der Waals surface area contributed by atoms with Gasteiger partial charge in [-0.2, -0.15) is 0 Å². The second kappa shape index (κ2) is 17.7. The van der Waals surface area contributed by atoms with Gasteiger partial charge in [0.2, 0.25) is 0 Å². The number of quaternary nitrogens is 2. The van der Waals surface area contributed by atoms with Gasteiger partial charge in [-0.15, -0.1) is 0 Å². The largest absolute Gasteiger partial charge is 1.00 e. The van der Waals surface area contributed by atoms with Crippen LogP contribution in [0.5, 0.6) is 0 Å². The highest BCUT2D eigenvalue weighted by Gasteiger charge is 2.30. The SMILES string of the molecule is C=CC[N+](CC=C)(CC=C)CC[N+](CC=C)(CC=C)CC=C.O.[Cl-].[Cl-]. The number of rotatable bonds is 15. The third kappa shape index (κ3) is 11.2. The number of nitrogens with zero attached hydrogens (tertiary/aromatic N) is 2. The number of hydrogen-bond donors (Lipinski definition) is 0. The molecule has 0 bridgehead atoms. The van der Waals surface area contributed by atoms with E-state index in [0.717, 1.165) is 61.3 Å². The first-order chi connectivity index (χ1) is 10.6. The first-order valence-electron chi connectivity index (χ1n) is 7.93. The molecule has 2 N–H and O–H groups in total. The van der Waals surface area contributed by atoms with E-state index in [2.05, 4.69) is 39.5 Å². The third-order valence-corrected chi connectivity index (χ3v) is 4.15. The van der Waals surface area contributed by atoms with E-state index < -0.39 is 0 Å². The smallest absolute Gasteiger partial charge is 0.129 e. The fraction of sp³-hybridized carbons (Fsp3) is 0.400. The van der Waals surface area contributed by atoms with Gasteiger partial charge in [-0.3, -0.25) is 0 Å². The molecule has 3 nitrogen and oxygen atoms in total. The Morgan fingerprint density at radius 1 is 0.440 bits per heavy atom. The summed E-state index contributed by atoms with van der Waals surface area (Å²) in [4.78, 5) is 0. The van der Waals surface area contributed by atoms with Gasteiger partial charge in [0.25, 0.3) is 0 Å². The van der Waals surface area contributed by atoms with Crippen molar-refractivity contribution in [3.8, 4) is 0 Å². The molecule has 5 heteroatoms. The van der Waals surface area contributed by atoms with Crippen molar-refractivity contribution < 1.29 is 39.3 Å². The van der Waals surface area contributed by atoms with Crippen LogP contribution in [0.2, 0.25) is 0 Å². The second-order valence-electron chi connectivity index (χ2n) is 5.96. The predicted octanol–water partition coefficient (Wildman–Crippen LogP) is -3.08. The molecule has 0 unspecified atom stereocenters. The molecule has 0 saturated heterocycles. The van der Waals surface area contributed by atoms with Gasteiger partial charge in [-0.05, 0) is 36.5 Å². The van der Waals surface area contributed by atoms with Crippen LogP contribution in [0, 0.1) is 0 Å². The quantitative estimate of drug-likeness (QED) is 0.210. The Labute approximate surface area is 167 Å². The molecular weight excluding hydrogens is 355 g/mol. The molecule has 0 aliphatic rings. The van der Waals surface area contributed by atoms with Crippen LogP contribution < -0.4 is 24.8 Å². The molecule has 0 radical (unpaired) electrons. The zero-order valence-corrected chi connectivity index (χ0v) is 17.0. The zero-order valence-electron chi connectivity index (χ0n) is 15.5. The Kier molecular flexibility index (Phi) is 22.4. The van der Waals surface area contributed by atoms with Crippen LogP contribution in [0.25, 0.3) is 0 Å². The van der Waals surface area contributed by atoms with Gasteiger partial charge in [-0.1, -0.05) is 39.5 Å². The van der Waals surface area contributed by atoms with Gasteiger partial charge in [0.15, 0.2) is 0 Å². The summed E-state index contributed by atoms with van der Waals surface area (Å²) in [6, 6.07) is 0. The summed E-state index contributed by atoms with van der Waals surface area (Å²) in [6.07, 6.45) is 12.0. The van der Waals surface area contributed by atoms with Gasteiger partial charge >= 0.3 is 0 Å². The van der Waals surface area contributed by atoms with Crippen LogP contribution in [-0.2, 0) is 0 Å². The first-order valence-corrected chi connectivity index (χ1v) is 7.93. The van der Waals surface area contributed by atoms with E-state index in [1.165, 1.54) is 0 Å². The van der Waals surface area contributed by atoms with E-state index >= 15 is 0 Å². The lowest BCUT2D eigenvalue weighted by atomic mass is 10.2. The molecule has 0 rings (SSSR count). The lowest BCUT2D eigenvalue weighted by molar-refractivity contribution is -0.966. The molecular formula is C20H36Cl2N2O. The predicted molar refractivity (Wildman–Crippen MR) is 104 cm³/mol. The highest BCUT2D eigenvalue weighted by molar-refractivity contribution is 4.79. The van der Waals surface area contributed by atoms with Crippen LogP contribution in [-0.4, -0.2) is 66.8 Å². The van der Waals surface area contributed by atoms with Crippen LogP contribution in [0.1, 0.15) is 0 Å². The second-order valence-corrected chi connectivity index (χ2v) is 5.96. The molecule has 25 heavy (non-hydrogen) atoms. The topological polar surface area (TPSA) is 31.5 Å². The molecule has 0 aliphatic carbocycles. The average Bonchev–Trinajstić information content (AvgIpc) is 2.47. The minimum absolute atomic E-state index is 0. The first kappa shape index (κ1) is 31.6. The van der Waals surface area contributed by atoms with Crippen molar-refractivity contribution in [2.75, 3.05) is 52.4 Å². The molecule has 0 spiro atoms. The fourth-order valence-corrected chi connectivity index (χ4v) is 3.06. The summed E-state index contributed by atoms with van der Waals surface area (Å²) in [5, 5.41) is 0. The Bertz CT molecular complexity index is 317. The standard InChI is InChI=1S/C20H34N2.2ClH.H2O/c1-7-13-21(14-8-2,15-9-3)19-20-22(16-10-4,17-11-5)18-12-6;;;/h7-12H,1-6,13-20H2;2*1H;1H2/q+2;;;/p-2. The monoisotopic (exact) mass is 390 g/mol. The maximum atomic E-state index is 3.93. The summed E-state index contributed by atoms with van der Waals surface area (Å²) < 4.78 is 1.84. The van der Waals surface area contributed by atoms with E-state index in [1.807, 2.05) is 36.5 Å². The maximum Gasteiger partial charge on any atom is 0.129 e. The summed E-state index contributed by atoms with van der Waals surface area (Å²) in [6.45, 7) is 31.2. The van der Waals surface area contributed by atoms with Gasteiger partial charge in [0.1, 0.15) is 13.1 Å². The molecule has 0 saturated carbocycles. The number of hydrogen-bond acceptors (Lipinski definition) is 0. The highest BCUT2D eigenvalue weighted by atomic mass is 35.5. The molecule has 0 aliphatic heterocycles. The van der Waals surface area contributed by atoms with Crippen LogP contribution >= 0.6 is 0 Å². The third-order valence-electron chi connectivity index (χ3n) is 4.15. The fourth-order valence-electron chi connectivity index (χ4n) is 3.06. The summed E-state index contributed by atoms with van der Waals surface area (Å²) in [5.74, 6) is 0. The minimum atomic E-state index is 0. The Morgan fingerprint density at radius 3 is 0.720 bits per heavy atom. The van der Waals surface area contributed by atoms with Gasteiger partial charge in [0.05, 0.1) is 39.3 Å². The molecule has 0 aromatic heterocycles. The van der Waals surface area contributed by atoms with Gasteiger partial charge in [0, 0.05) is 0 Å². The lowest BCUT2D eigenvalue weighted by Gasteiger charge is -2.42. The zero-order chi connectivity index (χ0) is 16.9. The molecule has 0 atom stereocenters. The van der Waals surface area contributed by atoms with Crippen LogP contribution in [0.3, 0.4) is 0 Å². The normalized spacial score (nSPS) is 10.1. The van der Waals surface area contributed by atoms with E-state index in [4.69, 9.17) is 0 Å². The van der Waals surface area contributed by atoms with Crippen molar-refractivity contribution >= 4 is 0 Å². The van der Waals surface area contributed by atoms with Crippen LogP contribution in [0.15, 0.2) is 75.9 Å². The molecule has 146 valence electrons. The molecule has 0 aromatic rings. The minimum Gasteiger partial charge on any atom is -1.00 e. The Balaban J connectivity index is -0.000000735. The molecule has 0 aromatic carbocycles. The Hall–Kier alpha value is -1.10. The van der Waals surface area contributed by atoms with Crippen molar-refractivity contribution in [3.05, 3.63) is 75.9 Å². The van der Waals surface area contributed by atoms with Crippen molar-refractivity contribution in [3.63, 3.8) is 0 Å².